The number of nitrogens with zero attached hydrogens (tertiary/aromatic N) is 3. The number of nitrogens with one attached hydrogen (secondary N) is 1. The van der Waals surface area contributed by atoms with Gasteiger partial charge in [0.1, 0.15) is 0 Å². The molecular weight excluding hydrogens is 416 g/mol. The zero-order valence-corrected chi connectivity index (χ0v) is 23.1. The standard InChI is InChI=1S/C15H27N3O3.C8H17N.C3H8/c1-7-17(5)15(21)12(4)8-13(11(2)3)18(6)14(20)9-16-10-19;1-8(2)9-6-4-3-5-7-9;1-3-2/h8,10-11,13H,7,9H2,1-6H3,(H,16,19);8H,3-7H2,1-2H3;3H2,1-2H3/b12-8+;;. The van der Waals surface area contributed by atoms with Gasteiger partial charge in [-0.25, -0.2) is 0 Å². The minimum atomic E-state index is -0.194. The van der Waals surface area contributed by atoms with E-state index in [0.29, 0.717) is 18.5 Å². The van der Waals surface area contributed by atoms with Gasteiger partial charge >= 0.3 is 0 Å². The molecule has 1 rings (SSSR count). The van der Waals surface area contributed by atoms with Crippen LogP contribution in [0.15, 0.2) is 11.6 Å². The van der Waals surface area contributed by atoms with Crippen molar-refractivity contribution in [3.63, 3.8) is 0 Å². The van der Waals surface area contributed by atoms with Gasteiger partial charge in [0, 0.05) is 32.3 Å². The fourth-order valence-electron chi connectivity index (χ4n) is 3.38. The Morgan fingerprint density at radius 2 is 1.52 bits per heavy atom. The van der Waals surface area contributed by atoms with E-state index in [0.717, 1.165) is 6.04 Å². The maximum Gasteiger partial charge on any atom is 0.248 e. The Bertz CT molecular complexity index is 570. The van der Waals surface area contributed by atoms with E-state index in [1.54, 1.807) is 30.8 Å². The molecule has 0 radical (unpaired) electrons. The lowest BCUT2D eigenvalue weighted by atomic mass is 9.99. The van der Waals surface area contributed by atoms with Gasteiger partial charge in [0.2, 0.25) is 18.2 Å². The van der Waals surface area contributed by atoms with E-state index in [-0.39, 0.29) is 30.3 Å². The molecule has 194 valence electrons. The third-order valence-corrected chi connectivity index (χ3v) is 5.56. The summed E-state index contributed by atoms with van der Waals surface area (Å²) in [4.78, 5) is 40.1. The van der Waals surface area contributed by atoms with Crippen LogP contribution in [0.1, 0.15) is 81.1 Å². The van der Waals surface area contributed by atoms with Crippen LogP contribution < -0.4 is 5.32 Å². The lowest BCUT2D eigenvalue weighted by molar-refractivity contribution is -0.132. The van der Waals surface area contributed by atoms with E-state index in [1.165, 1.54) is 38.8 Å². The summed E-state index contributed by atoms with van der Waals surface area (Å²) < 4.78 is 0. The second-order valence-electron chi connectivity index (χ2n) is 9.30. The highest BCUT2D eigenvalue weighted by atomic mass is 16.2. The van der Waals surface area contributed by atoms with Crippen molar-refractivity contribution < 1.29 is 14.4 Å². The summed E-state index contributed by atoms with van der Waals surface area (Å²) in [5, 5.41) is 2.36. The molecule has 0 aliphatic carbocycles. The van der Waals surface area contributed by atoms with E-state index >= 15 is 0 Å². The molecular formula is C26H52N4O3. The monoisotopic (exact) mass is 468 g/mol. The van der Waals surface area contributed by atoms with Gasteiger partial charge in [-0.15, -0.1) is 0 Å². The second-order valence-corrected chi connectivity index (χ2v) is 9.30. The second kappa shape index (κ2) is 19.6. The minimum absolute atomic E-state index is 0.0427. The molecule has 7 heteroatoms. The number of likely N-dealkylation sites (tertiary alicyclic amines) is 1. The van der Waals surface area contributed by atoms with Crippen LogP contribution in [0.4, 0.5) is 0 Å². The molecule has 1 N–H and O–H groups in total. The molecule has 3 amide bonds. The van der Waals surface area contributed by atoms with Crippen LogP contribution in [0.3, 0.4) is 0 Å². The Kier molecular flexibility index (Phi) is 19.7. The average molecular weight is 469 g/mol. The normalized spacial score (nSPS) is 15.0. The van der Waals surface area contributed by atoms with E-state index in [2.05, 4.69) is 37.9 Å². The van der Waals surface area contributed by atoms with Crippen molar-refractivity contribution in [3.8, 4) is 0 Å². The molecule has 7 nitrogen and oxygen atoms in total. The first-order chi connectivity index (χ1) is 15.5. The van der Waals surface area contributed by atoms with Gasteiger partial charge in [0.05, 0.1) is 12.6 Å². The highest BCUT2D eigenvalue weighted by molar-refractivity contribution is 5.92. The van der Waals surface area contributed by atoms with Gasteiger partial charge < -0.3 is 20.0 Å². The van der Waals surface area contributed by atoms with Crippen molar-refractivity contribution in [2.45, 2.75) is 93.2 Å². The van der Waals surface area contributed by atoms with Gasteiger partial charge in [-0.2, -0.15) is 0 Å². The molecule has 0 spiro atoms. The molecule has 0 aromatic carbocycles. The van der Waals surface area contributed by atoms with Crippen LogP contribution in [-0.2, 0) is 14.4 Å². The average Bonchev–Trinajstić information content (AvgIpc) is 2.80. The molecule has 0 saturated carbocycles. The fraction of sp³-hybridized carbons (Fsp3) is 0.808. The molecule has 0 aromatic heterocycles. The Morgan fingerprint density at radius 1 is 1.00 bits per heavy atom. The van der Waals surface area contributed by atoms with Crippen LogP contribution in [0, 0.1) is 5.92 Å². The molecule has 1 atom stereocenters. The topological polar surface area (TPSA) is 73.0 Å². The molecule has 0 bridgehead atoms. The van der Waals surface area contributed by atoms with Crippen molar-refractivity contribution in [1.29, 1.82) is 0 Å². The third kappa shape index (κ3) is 14.8. The number of hydrogen-bond donors (Lipinski definition) is 1. The van der Waals surface area contributed by atoms with Gasteiger partial charge in [0.15, 0.2) is 0 Å². The van der Waals surface area contributed by atoms with Crippen LogP contribution in [0.5, 0.6) is 0 Å². The number of piperidine rings is 1. The zero-order valence-electron chi connectivity index (χ0n) is 23.1. The summed E-state index contributed by atoms with van der Waals surface area (Å²) in [6, 6.07) is 0.574. The number of carbonyl (C=O) groups is 3. The largest absolute Gasteiger partial charge is 0.350 e. The summed E-state index contributed by atoms with van der Waals surface area (Å²) in [7, 11) is 3.42. The van der Waals surface area contributed by atoms with E-state index in [4.69, 9.17) is 0 Å². The SMILES string of the molecule is CC(C)N1CCCCC1.CCC.CCN(C)C(=O)/C(C)=C/C(C(C)C)N(C)C(=O)CNC=O. The van der Waals surface area contributed by atoms with E-state index in [9.17, 15) is 14.4 Å². The summed E-state index contributed by atoms with van der Waals surface area (Å²) in [6.07, 6.45) is 7.84. The van der Waals surface area contributed by atoms with Crippen molar-refractivity contribution in [2.24, 2.45) is 5.92 Å². The van der Waals surface area contributed by atoms with Crippen LogP contribution in [0.25, 0.3) is 0 Å². The molecule has 1 unspecified atom stereocenters. The maximum atomic E-state index is 12.1. The Morgan fingerprint density at radius 3 is 1.88 bits per heavy atom. The molecule has 1 saturated heterocycles. The lowest BCUT2D eigenvalue weighted by Gasteiger charge is -2.29. The van der Waals surface area contributed by atoms with Gasteiger partial charge in [-0.05, 0) is 59.5 Å². The zero-order chi connectivity index (χ0) is 26.0. The Labute approximate surface area is 203 Å². The predicted molar refractivity (Wildman–Crippen MR) is 139 cm³/mol. The number of hydrogen-bond acceptors (Lipinski definition) is 4. The Hall–Kier alpha value is -1.89. The molecule has 1 heterocycles. The first-order valence-electron chi connectivity index (χ1n) is 12.6. The predicted octanol–water partition coefficient (Wildman–Crippen LogP) is 3.94. The molecule has 0 aromatic rings. The molecule has 1 aliphatic rings. The summed E-state index contributed by atoms with van der Waals surface area (Å²) in [5.74, 6) is -0.0824. The number of likely N-dealkylation sites (N-methyl/N-ethyl adjacent to an activating group) is 2. The van der Waals surface area contributed by atoms with Crippen molar-refractivity contribution in [3.05, 3.63) is 11.6 Å². The van der Waals surface area contributed by atoms with E-state index < -0.39 is 0 Å². The van der Waals surface area contributed by atoms with Gasteiger partial charge in [0.25, 0.3) is 0 Å². The highest BCUT2D eigenvalue weighted by Crippen LogP contribution is 2.14. The smallest absolute Gasteiger partial charge is 0.248 e. The molecule has 1 fully saturated rings. The number of amides is 3. The third-order valence-electron chi connectivity index (χ3n) is 5.56. The van der Waals surface area contributed by atoms with E-state index in [1.807, 2.05) is 26.8 Å². The first kappa shape index (κ1) is 33.3. The van der Waals surface area contributed by atoms with Crippen molar-refractivity contribution >= 4 is 18.2 Å². The van der Waals surface area contributed by atoms with Gasteiger partial charge in [-0.1, -0.05) is 46.6 Å². The summed E-state index contributed by atoms with van der Waals surface area (Å²) in [6.45, 7) is 19.7. The van der Waals surface area contributed by atoms with Crippen molar-refractivity contribution in [2.75, 3.05) is 40.3 Å². The maximum absolute atomic E-state index is 12.1. The van der Waals surface area contributed by atoms with Crippen LogP contribution >= 0.6 is 0 Å². The summed E-state index contributed by atoms with van der Waals surface area (Å²) >= 11 is 0. The number of carbonyl (C=O) groups excluding carboxylic acids is 3. The quantitative estimate of drug-likeness (QED) is 0.411. The lowest BCUT2D eigenvalue weighted by Crippen LogP contribution is -2.43. The highest BCUT2D eigenvalue weighted by Gasteiger charge is 2.22. The number of rotatable bonds is 9. The van der Waals surface area contributed by atoms with Gasteiger partial charge in [-0.3, -0.25) is 14.4 Å². The molecule has 33 heavy (non-hydrogen) atoms. The fourth-order valence-corrected chi connectivity index (χ4v) is 3.38. The Balaban J connectivity index is 0. The summed E-state index contributed by atoms with van der Waals surface area (Å²) in [5.41, 5.74) is 0.612. The van der Waals surface area contributed by atoms with Crippen LogP contribution in [-0.4, -0.2) is 85.3 Å². The first-order valence-corrected chi connectivity index (χ1v) is 12.6. The minimum Gasteiger partial charge on any atom is -0.350 e. The van der Waals surface area contributed by atoms with Crippen molar-refractivity contribution in [1.82, 2.24) is 20.0 Å². The molecule has 1 aliphatic heterocycles. The van der Waals surface area contributed by atoms with Crippen LogP contribution in [0.2, 0.25) is 0 Å².